The van der Waals surface area contributed by atoms with Crippen molar-refractivity contribution in [1.29, 1.82) is 0 Å². The Balaban J connectivity index is 1.93. The molecule has 6 nitrogen and oxygen atoms in total. The average molecular weight is 277 g/mol. The van der Waals surface area contributed by atoms with Gasteiger partial charge >= 0.3 is 0 Å². The zero-order chi connectivity index (χ0) is 14.4. The van der Waals surface area contributed by atoms with Crippen molar-refractivity contribution in [3.8, 4) is 0 Å². The lowest BCUT2D eigenvalue weighted by Crippen LogP contribution is -2.19. The molecule has 2 aromatic rings. The molecule has 0 radical (unpaired) electrons. The van der Waals surface area contributed by atoms with Gasteiger partial charge in [-0.05, 0) is 19.9 Å². The maximum atomic E-state index is 5.03. The average Bonchev–Trinajstić information content (AvgIpc) is 3.03. The first-order chi connectivity index (χ1) is 9.72. The Morgan fingerprint density at radius 2 is 2.15 bits per heavy atom. The van der Waals surface area contributed by atoms with E-state index in [1.54, 1.807) is 13.3 Å². The van der Waals surface area contributed by atoms with Crippen molar-refractivity contribution >= 4 is 0 Å². The van der Waals surface area contributed by atoms with Crippen molar-refractivity contribution in [3.63, 3.8) is 0 Å². The van der Waals surface area contributed by atoms with Gasteiger partial charge in [0.1, 0.15) is 0 Å². The Labute approximate surface area is 119 Å². The van der Waals surface area contributed by atoms with Crippen LogP contribution in [0.5, 0.6) is 0 Å². The lowest BCUT2D eigenvalue weighted by molar-refractivity contribution is 0.199. The Morgan fingerprint density at radius 1 is 1.30 bits per heavy atom. The van der Waals surface area contributed by atoms with Gasteiger partial charge in [-0.25, -0.2) is 0 Å². The van der Waals surface area contributed by atoms with Crippen LogP contribution in [0.25, 0.3) is 0 Å². The SMILES string of the molecule is COCCNCc1c(C)nn(CCn2cccn2)c1C. The van der Waals surface area contributed by atoms with E-state index in [1.165, 1.54) is 11.3 Å². The Kier molecular flexibility index (Phi) is 5.31. The summed E-state index contributed by atoms with van der Waals surface area (Å²) >= 11 is 0. The fourth-order valence-electron chi connectivity index (χ4n) is 2.23. The minimum absolute atomic E-state index is 0.728. The minimum Gasteiger partial charge on any atom is -0.383 e. The standard InChI is InChI=1S/C14H23N5O/c1-12-14(11-15-6-10-20-3)13(2)19(17-12)9-8-18-7-4-5-16-18/h4-5,7,15H,6,8-11H2,1-3H3. The number of rotatable bonds is 8. The summed E-state index contributed by atoms with van der Waals surface area (Å²) in [6, 6.07) is 1.94. The summed E-state index contributed by atoms with van der Waals surface area (Å²) in [4.78, 5) is 0. The number of hydrogen-bond donors (Lipinski definition) is 1. The molecule has 2 aromatic heterocycles. The van der Waals surface area contributed by atoms with Gasteiger partial charge in [0.05, 0.1) is 25.4 Å². The number of ether oxygens (including phenoxy) is 1. The molecular weight excluding hydrogens is 254 g/mol. The van der Waals surface area contributed by atoms with Crippen molar-refractivity contribution in [2.45, 2.75) is 33.5 Å². The van der Waals surface area contributed by atoms with E-state index in [0.29, 0.717) is 0 Å². The molecular formula is C14H23N5O. The van der Waals surface area contributed by atoms with E-state index >= 15 is 0 Å². The maximum Gasteiger partial charge on any atom is 0.0641 e. The smallest absolute Gasteiger partial charge is 0.0641 e. The molecule has 0 unspecified atom stereocenters. The van der Waals surface area contributed by atoms with Crippen LogP contribution in [0, 0.1) is 13.8 Å². The van der Waals surface area contributed by atoms with Gasteiger partial charge in [0.15, 0.2) is 0 Å². The van der Waals surface area contributed by atoms with Crippen LogP contribution in [0.3, 0.4) is 0 Å². The number of aromatic nitrogens is 4. The van der Waals surface area contributed by atoms with Crippen molar-refractivity contribution in [1.82, 2.24) is 24.9 Å². The largest absolute Gasteiger partial charge is 0.383 e. The number of methoxy groups -OCH3 is 1. The summed E-state index contributed by atoms with van der Waals surface area (Å²) in [5, 5.41) is 12.2. The van der Waals surface area contributed by atoms with Crippen LogP contribution in [0.15, 0.2) is 18.5 Å². The molecule has 0 bridgehead atoms. The molecule has 0 spiro atoms. The molecule has 0 saturated heterocycles. The molecule has 0 aromatic carbocycles. The van der Waals surface area contributed by atoms with Crippen LogP contribution in [-0.2, 0) is 24.4 Å². The van der Waals surface area contributed by atoms with Gasteiger partial charge in [-0.1, -0.05) is 0 Å². The van der Waals surface area contributed by atoms with E-state index in [-0.39, 0.29) is 0 Å². The number of nitrogens with zero attached hydrogens (tertiary/aromatic N) is 4. The predicted molar refractivity (Wildman–Crippen MR) is 77.5 cm³/mol. The van der Waals surface area contributed by atoms with Crippen LogP contribution in [0.4, 0.5) is 0 Å². The lowest BCUT2D eigenvalue weighted by Gasteiger charge is -2.07. The predicted octanol–water partition coefficient (Wildman–Crippen LogP) is 1.13. The molecule has 0 atom stereocenters. The second-order valence-electron chi connectivity index (χ2n) is 4.81. The van der Waals surface area contributed by atoms with Crippen molar-refractivity contribution in [2.75, 3.05) is 20.3 Å². The zero-order valence-corrected chi connectivity index (χ0v) is 12.5. The molecule has 20 heavy (non-hydrogen) atoms. The molecule has 0 amide bonds. The molecule has 6 heteroatoms. The quantitative estimate of drug-likeness (QED) is 0.735. The zero-order valence-electron chi connectivity index (χ0n) is 12.5. The molecule has 0 aliphatic heterocycles. The fraction of sp³-hybridized carbons (Fsp3) is 0.571. The van der Waals surface area contributed by atoms with Gasteiger partial charge in [-0.15, -0.1) is 0 Å². The Morgan fingerprint density at radius 3 is 2.85 bits per heavy atom. The molecule has 2 rings (SSSR count). The molecule has 0 fully saturated rings. The monoisotopic (exact) mass is 277 g/mol. The molecule has 1 N–H and O–H groups in total. The van der Waals surface area contributed by atoms with E-state index in [2.05, 4.69) is 34.0 Å². The molecule has 2 heterocycles. The summed E-state index contributed by atoms with van der Waals surface area (Å²) in [5.41, 5.74) is 3.59. The van der Waals surface area contributed by atoms with E-state index in [0.717, 1.165) is 38.5 Å². The molecule has 110 valence electrons. The summed E-state index contributed by atoms with van der Waals surface area (Å²) in [6.07, 6.45) is 3.77. The molecule has 0 aliphatic rings. The van der Waals surface area contributed by atoms with Crippen molar-refractivity contribution in [3.05, 3.63) is 35.4 Å². The topological polar surface area (TPSA) is 56.9 Å². The third-order valence-corrected chi connectivity index (χ3v) is 3.42. The second-order valence-corrected chi connectivity index (χ2v) is 4.81. The van der Waals surface area contributed by atoms with Gasteiger partial charge < -0.3 is 10.1 Å². The van der Waals surface area contributed by atoms with Gasteiger partial charge in [0.2, 0.25) is 0 Å². The summed E-state index contributed by atoms with van der Waals surface area (Å²) < 4.78 is 9.02. The van der Waals surface area contributed by atoms with Crippen molar-refractivity contribution < 1.29 is 4.74 Å². The normalized spacial score (nSPS) is 11.2. The van der Waals surface area contributed by atoms with Crippen LogP contribution in [0.2, 0.25) is 0 Å². The van der Waals surface area contributed by atoms with E-state index in [4.69, 9.17) is 4.74 Å². The summed E-state index contributed by atoms with van der Waals surface area (Å²) in [6.45, 7) is 8.28. The van der Waals surface area contributed by atoms with Crippen LogP contribution < -0.4 is 5.32 Å². The van der Waals surface area contributed by atoms with Gasteiger partial charge in [0.25, 0.3) is 0 Å². The van der Waals surface area contributed by atoms with Gasteiger partial charge in [-0.3, -0.25) is 9.36 Å². The number of aryl methyl sites for hydroxylation is 3. The third-order valence-electron chi connectivity index (χ3n) is 3.42. The number of hydrogen-bond acceptors (Lipinski definition) is 4. The fourth-order valence-corrected chi connectivity index (χ4v) is 2.23. The Bertz CT molecular complexity index is 518. The first kappa shape index (κ1) is 14.7. The van der Waals surface area contributed by atoms with Gasteiger partial charge in [0, 0.05) is 43.9 Å². The highest BCUT2D eigenvalue weighted by Crippen LogP contribution is 2.12. The van der Waals surface area contributed by atoms with Gasteiger partial charge in [-0.2, -0.15) is 10.2 Å². The summed E-state index contributed by atoms with van der Waals surface area (Å²) in [5.74, 6) is 0. The van der Waals surface area contributed by atoms with E-state index < -0.39 is 0 Å². The second kappa shape index (κ2) is 7.21. The van der Waals surface area contributed by atoms with Crippen molar-refractivity contribution in [2.24, 2.45) is 0 Å². The van der Waals surface area contributed by atoms with E-state index in [1.807, 2.05) is 16.9 Å². The third kappa shape index (κ3) is 3.68. The van der Waals surface area contributed by atoms with E-state index in [9.17, 15) is 0 Å². The first-order valence-electron chi connectivity index (χ1n) is 6.92. The highest BCUT2D eigenvalue weighted by molar-refractivity contribution is 5.24. The first-order valence-corrected chi connectivity index (χ1v) is 6.92. The highest BCUT2D eigenvalue weighted by Gasteiger charge is 2.10. The highest BCUT2D eigenvalue weighted by atomic mass is 16.5. The number of nitrogens with one attached hydrogen (secondary N) is 1. The lowest BCUT2D eigenvalue weighted by atomic mass is 10.2. The summed E-state index contributed by atoms with van der Waals surface area (Å²) in [7, 11) is 1.71. The maximum absolute atomic E-state index is 5.03. The Hall–Kier alpha value is -1.66. The molecule has 0 saturated carbocycles. The molecule has 0 aliphatic carbocycles. The van der Waals surface area contributed by atoms with Crippen LogP contribution >= 0.6 is 0 Å². The van der Waals surface area contributed by atoms with Crippen LogP contribution in [0.1, 0.15) is 17.0 Å². The van der Waals surface area contributed by atoms with Crippen LogP contribution in [-0.4, -0.2) is 39.8 Å². The minimum atomic E-state index is 0.728.